The number of carbonyl (C=O) groups excluding carboxylic acids is 1. The van der Waals surface area contributed by atoms with Crippen molar-refractivity contribution >= 4 is 16.9 Å². The fourth-order valence-electron chi connectivity index (χ4n) is 3.91. The molecule has 1 fully saturated rings. The van der Waals surface area contributed by atoms with Gasteiger partial charge in [-0.2, -0.15) is 0 Å². The number of likely N-dealkylation sites (tertiary alicyclic amines) is 1. The predicted molar refractivity (Wildman–Crippen MR) is 104 cm³/mol. The minimum atomic E-state index is 0.0559. The minimum Gasteiger partial charge on any atom is -0.340 e. The SMILES string of the molecule is Cc1ccc(C)c(CC(=O)N2CCC[C@@H]2c2nc3ccc(C)cc3[nH]2)c1. The number of benzene rings is 2. The first kappa shape index (κ1) is 16.8. The van der Waals surface area contributed by atoms with E-state index in [1.54, 1.807) is 0 Å². The third kappa shape index (κ3) is 3.12. The number of nitrogens with one attached hydrogen (secondary N) is 1. The third-order valence-corrected chi connectivity index (χ3v) is 5.39. The van der Waals surface area contributed by atoms with Crippen LogP contribution in [0.1, 0.15) is 47.0 Å². The van der Waals surface area contributed by atoms with Gasteiger partial charge in [0.25, 0.3) is 0 Å². The van der Waals surface area contributed by atoms with Crippen LogP contribution in [0.2, 0.25) is 0 Å². The molecule has 134 valence electrons. The van der Waals surface area contributed by atoms with Crippen LogP contribution >= 0.6 is 0 Å². The first-order chi connectivity index (χ1) is 12.5. The predicted octanol–water partition coefficient (Wildman–Crippen LogP) is 4.39. The minimum absolute atomic E-state index is 0.0559. The van der Waals surface area contributed by atoms with Gasteiger partial charge < -0.3 is 9.88 Å². The topological polar surface area (TPSA) is 49.0 Å². The lowest BCUT2D eigenvalue weighted by molar-refractivity contribution is -0.131. The van der Waals surface area contributed by atoms with Crippen molar-refractivity contribution in [3.05, 3.63) is 64.5 Å². The third-order valence-electron chi connectivity index (χ3n) is 5.39. The average Bonchev–Trinajstić information content (AvgIpc) is 3.23. The maximum atomic E-state index is 13.0. The number of aromatic nitrogens is 2. The number of rotatable bonds is 3. The zero-order chi connectivity index (χ0) is 18.3. The summed E-state index contributed by atoms with van der Waals surface area (Å²) in [5, 5.41) is 0. The lowest BCUT2D eigenvalue weighted by Gasteiger charge is -2.23. The lowest BCUT2D eigenvalue weighted by atomic mass is 10.0. The van der Waals surface area contributed by atoms with Crippen LogP contribution in [0.25, 0.3) is 11.0 Å². The van der Waals surface area contributed by atoms with E-state index in [1.165, 1.54) is 16.7 Å². The smallest absolute Gasteiger partial charge is 0.227 e. The van der Waals surface area contributed by atoms with Gasteiger partial charge in [-0.05, 0) is 62.4 Å². The van der Waals surface area contributed by atoms with E-state index in [9.17, 15) is 4.79 Å². The van der Waals surface area contributed by atoms with Crippen LogP contribution in [0, 0.1) is 20.8 Å². The Bertz CT molecular complexity index is 973. The van der Waals surface area contributed by atoms with Gasteiger partial charge in [0.2, 0.25) is 5.91 Å². The molecule has 0 bridgehead atoms. The largest absolute Gasteiger partial charge is 0.340 e. The van der Waals surface area contributed by atoms with Gasteiger partial charge in [-0.1, -0.05) is 29.8 Å². The van der Waals surface area contributed by atoms with Crippen LogP contribution in [-0.4, -0.2) is 27.3 Å². The number of carbonyl (C=O) groups is 1. The first-order valence-electron chi connectivity index (χ1n) is 9.33. The van der Waals surface area contributed by atoms with Gasteiger partial charge in [0.1, 0.15) is 5.82 Å². The van der Waals surface area contributed by atoms with Crippen molar-refractivity contribution in [1.82, 2.24) is 14.9 Å². The Morgan fingerprint density at radius 3 is 2.77 bits per heavy atom. The van der Waals surface area contributed by atoms with Gasteiger partial charge in [-0.3, -0.25) is 4.79 Å². The van der Waals surface area contributed by atoms with E-state index in [0.29, 0.717) is 6.42 Å². The van der Waals surface area contributed by atoms with Crippen molar-refractivity contribution in [1.29, 1.82) is 0 Å². The summed E-state index contributed by atoms with van der Waals surface area (Å²) in [5.74, 6) is 1.11. The molecule has 1 aromatic heterocycles. The Morgan fingerprint density at radius 2 is 1.92 bits per heavy atom. The van der Waals surface area contributed by atoms with Crippen molar-refractivity contribution in [3.8, 4) is 0 Å². The number of aryl methyl sites for hydroxylation is 3. The van der Waals surface area contributed by atoms with Gasteiger partial charge in [0, 0.05) is 6.54 Å². The van der Waals surface area contributed by atoms with Gasteiger partial charge in [-0.25, -0.2) is 4.98 Å². The molecule has 4 rings (SSSR count). The zero-order valence-electron chi connectivity index (χ0n) is 15.7. The van der Waals surface area contributed by atoms with E-state index >= 15 is 0 Å². The molecule has 1 N–H and O–H groups in total. The molecular weight excluding hydrogens is 322 g/mol. The number of nitrogens with zero attached hydrogens (tertiary/aromatic N) is 2. The zero-order valence-corrected chi connectivity index (χ0v) is 15.7. The molecule has 0 spiro atoms. The summed E-state index contributed by atoms with van der Waals surface area (Å²) in [6.45, 7) is 7.04. The molecule has 0 unspecified atom stereocenters. The quantitative estimate of drug-likeness (QED) is 0.764. The Hall–Kier alpha value is -2.62. The Balaban J connectivity index is 1.59. The number of hydrogen-bond acceptors (Lipinski definition) is 2. The number of hydrogen-bond donors (Lipinski definition) is 1. The molecule has 1 saturated heterocycles. The van der Waals surface area contributed by atoms with Gasteiger partial charge >= 0.3 is 0 Å². The molecule has 1 amide bonds. The van der Waals surface area contributed by atoms with E-state index in [-0.39, 0.29) is 11.9 Å². The maximum absolute atomic E-state index is 13.0. The van der Waals surface area contributed by atoms with Crippen LogP contribution in [-0.2, 0) is 11.2 Å². The average molecular weight is 347 g/mol. The summed E-state index contributed by atoms with van der Waals surface area (Å²) in [6, 6.07) is 12.6. The fraction of sp³-hybridized carbons (Fsp3) is 0.364. The number of H-pyrrole nitrogens is 1. The molecule has 26 heavy (non-hydrogen) atoms. The number of amides is 1. The number of aromatic amines is 1. The highest BCUT2D eigenvalue weighted by Gasteiger charge is 2.32. The van der Waals surface area contributed by atoms with Crippen molar-refractivity contribution in [2.24, 2.45) is 0 Å². The molecule has 3 aromatic rings. The summed E-state index contributed by atoms with van der Waals surface area (Å²) in [4.78, 5) is 23.2. The van der Waals surface area contributed by atoms with Gasteiger partial charge in [0.15, 0.2) is 0 Å². The van der Waals surface area contributed by atoms with E-state index in [4.69, 9.17) is 4.98 Å². The Kier molecular flexibility index (Phi) is 4.27. The lowest BCUT2D eigenvalue weighted by Crippen LogP contribution is -2.32. The second kappa shape index (κ2) is 6.60. The van der Waals surface area contributed by atoms with Crippen molar-refractivity contribution in [2.45, 2.75) is 46.1 Å². The van der Waals surface area contributed by atoms with Crippen LogP contribution < -0.4 is 0 Å². The second-order valence-electron chi connectivity index (χ2n) is 7.49. The fourth-order valence-corrected chi connectivity index (χ4v) is 3.91. The molecule has 0 aliphatic carbocycles. The van der Waals surface area contributed by atoms with Crippen LogP contribution in [0.3, 0.4) is 0 Å². The summed E-state index contributed by atoms with van der Waals surface area (Å²) >= 11 is 0. The molecule has 1 aliphatic rings. The summed E-state index contributed by atoms with van der Waals surface area (Å²) in [5.41, 5.74) is 6.74. The molecule has 0 radical (unpaired) electrons. The highest BCUT2D eigenvalue weighted by molar-refractivity contribution is 5.80. The Morgan fingerprint density at radius 1 is 1.15 bits per heavy atom. The van der Waals surface area contributed by atoms with E-state index in [1.807, 2.05) is 11.0 Å². The number of fused-ring (bicyclic) bond motifs is 1. The molecule has 0 saturated carbocycles. The van der Waals surface area contributed by atoms with Crippen molar-refractivity contribution in [2.75, 3.05) is 6.54 Å². The molecule has 2 aromatic carbocycles. The van der Waals surface area contributed by atoms with Gasteiger partial charge in [-0.15, -0.1) is 0 Å². The summed E-state index contributed by atoms with van der Waals surface area (Å²) < 4.78 is 0. The van der Waals surface area contributed by atoms with Crippen LogP contribution in [0.4, 0.5) is 0 Å². The number of imidazole rings is 1. The van der Waals surface area contributed by atoms with Crippen LogP contribution in [0.5, 0.6) is 0 Å². The standard InChI is InChI=1S/C22H25N3O/c1-14-6-8-16(3)17(11-14)13-21(26)25-10-4-5-20(25)22-23-18-9-7-15(2)12-19(18)24-22/h6-9,11-12,20H,4-5,10,13H2,1-3H3,(H,23,24)/t20-/m1/s1. The molecular formula is C22H25N3O. The monoisotopic (exact) mass is 347 g/mol. The second-order valence-corrected chi connectivity index (χ2v) is 7.49. The Labute approximate surface area is 154 Å². The molecule has 1 atom stereocenters. The maximum Gasteiger partial charge on any atom is 0.227 e. The van der Waals surface area contributed by atoms with E-state index in [0.717, 1.165) is 41.8 Å². The van der Waals surface area contributed by atoms with Crippen LogP contribution in [0.15, 0.2) is 36.4 Å². The molecule has 2 heterocycles. The molecule has 4 heteroatoms. The first-order valence-corrected chi connectivity index (χ1v) is 9.33. The van der Waals surface area contributed by atoms with E-state index in [2.05, 4.69) is 56.1 Å². The molecule has 1 aliphatic heterocycles. The highest BCUT2D eigenvalue weighted by Crippen LogP contribution is 2.32. The summed E-state index contributed by atoms with van der Waals surface area (Å²) in [7, 11) is 0. The van der Waals surface area contributed by atoms with Gasteiger partial charge in [0.05, 0.1) is 23.5 Å². The summed E-state index contributed by atoms with van der Waals surface area (Å²) in [6.07, 6.45) is 2.46. The normalized spacial score (nSPS) is 17.2. The van der Waals surface area contributed by atoms with Crippen molar-refractivity contribution in [3.63, 3.8) is 0 Å². The van der Waals surface area contributed by atoms with Crippen molar-refractivity contribution < 1.29 is 4.79 Å². The highest BCUT2D eigenvalue weighted by atomic mass is 16.2. The van der Waals surface area contributed by atoms with E-state index < -0.39 is 0 Å². The molecule has 4 nitrogen and oxygen atoms in total.